The van der Waals surface area contributed by atoms with Gasteiger partial charge >= 0.3 is 0 Å². The first-order chi connectivity index (χ1) is 12.8. The number of rotatable bonds is 9. The molecule has 8 nitrogen and oxygen atoms in total. The molecule has 0 aliphatic carbocycles. The minimum atomic E-state index is -3.76. The summed E-state index contributed by atoms with van der Waals surface area (Å²) in [4.78, 5) is 24.6. The number of sulfonamides is 1. The van der Waals surface area contributed by atoms with Crippen molar-refractivity contribution in [2.24, 2.45) is 5.14 Å². The zero-order valence-corrected chi connectivity index (χ0v) is 16.3. The highest BCUT2D eigenvalue weighted by molar-refractivity contribution is 7.98. The van der Waals surface area contributed by atoms with Crippen molar-refractivity contribution < 1.29 is 22.4 Å². The number of carbonyl (C=O) groups excluding carboxylic acids is 2. The van der Waals surface area contributed by atoms with Crippen molar-refractivity contribution >= 4 is 33.6 Å². The monoisotopic (exact) mass is 411 g/mol. The number of hydrogen-bond donors (Lipinski definition) is 3. The van der Waals surface area contributed by atoms with Crippen LogP contribution in [0.1, 0.15) is 22.5 Å². The Morgan fingerprint density at radius 1 is 1.22 bits per heavy atom. The number of primary sulfonamides is 1. The lowest BCUT2D eigenvalue weighted by Gasteiger charge is -2.17. The lowest BCUT2D eigenvalue weighted by molar-refractivity contribution is -0.123. The third-order valence-electron chi connectivity index (χ3n) is 3.70. The van der Waals surface area contributed by atoms with Crippen LogP contribution in [0.15, 0.2) is 52.0 Å². The average molecular weight is 412 g/mol. The predicted octanol–water partition coefficient (Wildman–Crippen LogP) is 1.09. The first-order valence-corrected chi connectivity index (χ1v) is 11.0. The summed E-state index contributed by atoms with van der Waals surface area (Å²) in [6.45, 7) is 0.191. The Kier molecular flexibility index (Phi) is 7.45. The number of amides is 2. The Bertz CT molecular complexity index is 864. The number of thioether (sulfide) groups is 1. The molecule has 0 radical (unpaired) electrons. The molecule has 0 unspecified atom stereocenters. The summed E-state index contributed by atoms with van der Waals surface area (Å²) in [5.74, 6) is 0.0355. The van der Waals surface area contributed by atoms with Crippen LogP contribution < -0.4 is 15.8 Å². The van der Waals surface area contributed by atoms with E-state index in [4.69, 9.17) is 9.56 Å². The topological polar surface area (TPSA) is 132 Å². The quantitative estimate of drug-likeness (QED) is 0.566. The standard InChI is InChI=1S/C17H21N3O5S2/c1-26-10-8-14(20-17(22)15-3-2-9-25-15)16(21)19-11-12-4-6-13(7-5-12)27(18,23)24/h2-7,9,14H,8,10-11H2,1H3,(H,19,21)(H,20,22)(H2,18,23,24)/t14-/m0/s1. The van der Waals surface area contributed by atoms with Crippen molar-refractivity contribution in [1.29, 1.82) is 0 Å². The molecular formula is C17H21N3O5S2. The number of furan rings is 1. The second kappa shape index (κ2) is 9.58. The zero-order valence-electron chi connectivity index (χ0n) is 14.7. The van der Waals surface area contributed by atoms with Gasteiger partial charge in [-0.3, -0.25) is 9.59 Å². The Labute approximate surface area is 161 Å². The molecule has 2 aromatic rings. The van der Waals surface area contributed by atoms with E-state index in [1.54, 1.807) is 30.0 Å². The second-order valence-electron chi connectivity index (χ2n) is 5.69. The minimum Gasteiger partial charge on any atom is -0.459 e. The van der Waals surface area contributed by atoms with Crippen LogP contribution in [0.2, 0.25) is 0 Å². The Hall–Kier alpha value is -2.30. The molecule has 2 rings (SSSR count). The molecule has 1 aromatic heterocycles. The maximum Gasteiger partial charge on any atom is 0.287 e. The minimum absolute atomic E-state index is 0.00105. The van der Waals surface area contributed by atoms with Crippen molar-refractivity contribution in [2.45, 2.75) is 23.9 Å². The lowest BCUT2D eigenvalue weighted by Crippen LogP contribution is -2.46. The summed E-state index contributed by atoms with van der Waals surface area (Å²) in [7, 11) is -3.76. The molecule has 10 heteroatoms. The van der Waals surface area contributed by atoms with Gasteiger partial charge in [0, 0.05) is 6.54 Å². The van der Waals surface area contributed by atoms with Crippen LogP contribution >= 0.6 is 11.8 Å². The lowest BCUT2D eigenvalue weighted by atomic mass is 10.2. The van der Waals surface area contributed by atoms with Gasteiger partial charge in [-0.25, -0.2) is 13.6 Å². The fourth-order valence-corrected chi connectivity index (χ4v) is 3.24. The molecule has 0 bridgehead atoms. The second-order valence-corrected chi connectivity index (χ2v) is 8.24. The first kappa shape index (κ1) is 21.0. The summed E-state index contributed by atoms with van der Waals surface area (Å²) < 4.78 is 27.6. The van der Waals surface area contributed by atoms with Gasteiger partial charge in [0.25, 0.3) is 5.91 Å². The summed E-state index contributed by atoms with van der Waals surface area (Å²) in [6, 6.07) is 8.29. The molecule has 0 saturated carbocycles. The van der Waals surface area contributed by atoms with Crippen LogP contribution in [-0.2, 0) is 21.4 Å². The average Bonchev–Trinajstić information content (AvgIpc) is 3.17. The molecule has 0 saturated heterocycles. The maximum atomic E-state index is 12.5. The Morgan fingerprint density at radius 3 is 2.48 bits per heavy atom. The highest BCUT2D eigenvalue weighted by atomic mass is 32.2. The molecule has 27 heavy (non-hydrogen) atoms. The zero-order chi connectivity index (χ0) is 19.9. The van der Waals surface area contributed by atoms with Gasteiger partial charge in [0.1, 0.15) is 6.04 Å². The van der Waals surface area contributed by atoms with E-state index in [0.29, 0.717) is 17.7 Å². The Balaban J connectivity index is 1.97. The molecule has 0 aliphatic heterocycles. The largest absolute Gasteiger partial charge is 0.459 e. The van der Waals surface area contributed by atoms with Gasteiger partial charge in [0.05, 0.1) is 11.2 Å². The van der Waals surface area contributed by atoms with Gasteiger partial charge in [-0.05, 0) is 48.3 Å². The first-order valence-electron chi connectivity index (χ1n) is 8.04. The van der Waals surface area contributed by atoms with Gasteiger partial charge in [-0.1, -0.05) is 12.1 Å². The maximum absolute atomic E-state index is 12.5. The van der Waals surface area contributed by atoms with E-state index in [0.717, 1.165) is 0 Å². The van der Waals surface area contributed by atoms with Crippen molar-refractivity contribution in [3.63, 3.8) is 0 Å². The van der Waals surface area contributed by atoms with Crippen LogP contribution in [0, 0.1) is 0 Å². The van der Waals surface area contributed by atoms with E-state index in [9.17, 15) is 18.0 Å². The number of nitrogens with one attached hydrogen (secondary N) is 2. The van der Waals surface area contributed by atoms with Gasteiger partial charge < -0.3 is 15.1 Å². The van der Waals surface area contributed by atoms with Gasteiger partial charge in [-0.15, -0.1) is 0 Å². The normalized spacial score (nSPS) is 12.4. The number of benzene rings is 1. The van der Waals surface area contributed by atoms with Crippen LogP contribution in [0.5, 0.6) is 0 Å². The predicted molar refractivity (Wildman–Crippen MR) is 103 cm³/mol. The molecular weight excluding hydrogens is 390 g/mol. The highest BCUT2D eigenvalue weighted by Gasteiger charge is 2.22. The van der Waals surface area contributed by atoms with E-state index in [1.807, 2.05) is 6.26 Å². The fraction of sp³-hybridized carbons (Fsp3) is 0.294. The molecule has 0 aliphatic rings. The highest BCUT2D eigenvalue weighted by Crippen LogP contribution is 2.09. The molecule has 2 amide bonds. The summed E-state index contributed by atoms with van der Waals surface area (Å²) in [6.07, 6.45) is 3.76. The molecule has 1 heterocycles. The third kappa shape index (κ3) is 6.42. The number of carbonyl (C=O) groups is 2. The van der Waals surface area contributed by atoms with E-state index >= 15 is 0 Å². The van der Waals surface area contributed by atoms with Crippen LogP contribution in [0.25, 0.3) is 0 Å². The molecule has 0 fully saturated rings. The molecule has 146 valence electrons. The summed E-state index contributed by atoms with van der Waals surface area (Å²) in [5.41, 5.74) is 0.705. The van der Waals surface area contributed by atoms with Gasteiger partial charge in [0.15, 0.2) is 5.76 Å². The summed E-state index contributed by atoms with van der Waals surface area (Å²) >= 11 is 1.57. The summed E-state index contributed by atoms with van der Waals surface area (Å²) in [5, 5.41) is 10.5. The molecule has 1 atom stereocenters. The van der Waals surface area contributed by atoms with E-state index in [2.05, 4.69) is 10.6 Å². The van der Waals surface area contributed by atoms with E-state index in [1.165, 1.54) is 24.5 Å². The van der Waals surface area contributed by atoms with Gasteiger partial charge in [0.2, 0.25) is 15.9 Å². The van der Waals surface area contributed by atoms with Gasteiger partial charge in [-0.2, -0.15) is 11.8 Å². The van der Waals surface area contributed by atoms with Crippen molar-refractivity contribution in [3.05, 3.63) is 54.0 Å². The SMILES string of the molecule is CSCC[C@H](NC(=O)c1ccco1)C(=O)NCc1ccc(S(N)(=O)=O)cc1. The van der Waals surface area contributed by atoms with Crippen molar-refractivity contribution in [1.82, 2.24) is 10.6 Å². The smallest absolute Gasteiger partial charge is 0.287 e. The number of nitrogens with two attached hydrogens (primary N) is 1. The number of hydrogen-bond acceptors (Lipinski definition) is 6. The van der Waals surface area contributed by atoms with Crippen LogP contribution in [0.4, 0.5) is 0 Å². The van der Waals surface area contributed by atoms with Crippen molar-refractivity contribution in [2.75, 3.05) is 12.0 Å². The fourth-order valence-electron chi connectivity index (χ4n) is 2.25. The Morgan fingerprint density at radius 2 is 1.93 bits per heavy atom. The molecule has 1 aromatic carbocycles. The van der Waals surface area contributed by atoms with Crippen LogP contribution in [-0.4, -0.2) is 38.3 Å². The van der Waals surface area contributed by atoms with Crippen LogP contribution in [0.3, 0.4) is 0 Å². The molecule has 0 spiro atoms. The van der Waals surface area contributed by atoms with E-state index in [-0.39, 0.29) is 23.1 Å². The molecule has 4 N–H and O–H groups in total. The third-order valence-corrected chi connectivity index (χ3v) is 5.27. The van der Waals surface area contributed by atoms with Crippen molar-refractivity contribution in [3.8, 4) is 0 Å². The van der Waals surface area contributed by atoms with E-state index < -0.39 is 22.0 Å².